The molecule has 1 unspecified atom stereocenters. The number of hydrogen-bond acceptors (Lipinski definition) is 6. The Bertz CT molecular complexity index is 130. The SMILES string of the molecule is NC(O)C[N+](=O)[O-].O=[N+]([O-])O. The molecular formula is C2H7N3O6. The lowest BCUT2D eigenvalue weighted by Gasteiger charge is -1.92. The van der Waals surface area contributed by atoms with Crippen molar-refractivity contribution in [2.75, 3.05) is 6.54 Å². The summed E-state index contributed by atoms with van der Waals surface area (Å²) in [5.74, 6) is 0. The van der Waals surface area contributed by atoms with Gasteiger partial charge in [-0.1, -0.05) is 0 Å². The highest BCUT2D eigenvalue weighted by Crippen LogP contribution is 1.69. The van der Waals surface area contributed by atoms with Crippen LogP contribution in [0, 0.1) is 20.2 Å². The van der Waals surface area contributed by atoms with Crippen LogP contribution in [-0.2, 0) is 0 Å². The Morgan fingerprint density at radius 3 is 1.73 bits per heavy atom. The van der Waals surface area contributed by atoms with Crippen molar-refractivity contribution < 1.29 is 20.3 Å². The van der Waals surface area contributed by atoms with Crippen molar-refractivity contribution in [3.05, 3.63) is 20.2 Å². The first-order valence-electron chi connectivity index (χ1n) is 2.25. The maximum atomic E-state index is 9.38. The molecule has 9 heteroatoms. The van der Waals surface area contributed by atoms with E-state index in [4.69, 9.17) is 20.4 Å². The zero-order valence-electron chi connectivity index (χ0n) is 5.28. The molecule has 0 saturated carbocycles. The number of aliphatic hydroxyl groups excluding tert-OH is 1. The third kappa shape index (κ3) is 57.0. The standard InChI is InChI=1S/C2H6N2O3.HNO3/c3-2(5)1-4(6)7;2-1(3)4/h2,5H,1,3H2;(H,2,3,4). The molecule has 0 amide bonds. The number of rotatable bonds is 2. The molecule has 9 nitrogen and oxygen atoms in total. The van der Waals surface area contributed by atoms with Crippen molar-refractivity contribution in [2.24, 2.45) is 5.73 Å². The van der Waals surface area contributed by atoms with Crippen molar-refractivity contribution in [1.82, 2.24) is 0 Å². The molecule has 0 fully saturated rings. The van der Waals surface area contributed by atoms with Gasteiger partial charge >= 0.3 is 0 Å². The number of hydrogen-bond donors (Lipinski definition) is 3. The molecular weight excluding hydrogens is 162 g/mol. The van der Waals surface area contributed by atoms with Gasteiger partial charge in [0, 0.05) is 4.92 Å². The highest BCUT2D eigenvalue weighted by molar-refractivity contribution is 4.34. The fraction of sp³-hybridized carbons (Fsp3) is 1.00. The summed E-state index contributed by atoms with van der Waals surface area (Å²) in [4.78, 5) is 17.1. The van der Waals surface area contributed by atoms with E-state index in [1.54, 1.807) is 0 Å². The predicted octanol–water partition coefficient (Wildman–Crippen LogP) is -1.81. The number of nitrogens with two attached hydrogens (primary N) is 1. The monoisotopic (exact) mass is 169 g/mol. The van der Waals surface area contributed by atoms with Gasteiger partial charge in [-0.25, -0.2) is 0 Å². The van der Waals surface area contributed by atoms with E-state index >= 15 is 0 Å². The van der Waals surface area contributed by atoms with Crippen LogP contribution < -0.4 is 5.73 Å². The Hall–Kier alpha value is -1.48. The predicted molar refractivity (Wildman–Crippen MR) is 30.8 cm³/mol. The van der Waals surface area contributed by atoms with Crippen molar-refractivity contribution in [1.29, 1.82) is 0 Å². The molecule has 0 bridgehead atoms. The smallest absolute Gasteiger partial charge is 0.291 e. The minimum absolute atomic E-state index is 0.583. The first-order chi connectivity index (χ1) is 4.86. The van der Waals surface area contributed by atoms with E-state index in [0.29, 0.717) is 0 Å². The zero-order valence-corrected chi connectivity index (χ0v) is 5.28. The Kier molecular flexibility index (Phi) is 7.37. The largest absolute Gasteiger partial charge is 0.372 e. The summed E-state index contributed by atoms with van der Waals surface area (Å²) in [7, 11) is 0. The average Bonchev–Trinajstić information content (AvgIpc) is 1.56. The van der Waals surface area contributed by atoms with E-state index in [0.717, 1.165) is 0 Å². The minimum Gasteiger partial charge on any atom is -0.372 e. The molecule has 0 aliphatic rings. The minimum atomic E-state index is -1.50. The van der Waals surface area contributed by atoms with Gasteiger partial charge in [-0.2, -0.15) is 0 Å². The molecule has 0 aliphatic heterocycles. The van der Waals surface area contributed by atoms with Crippen LogP contribution in [0.2, 0.25) is 0 Å². The van der Waals surface area contributed by atoms with Crippen LogP contribution >= 0.6 is 0 Å². The van der Waals surface area contributed by atoms with Gasteiger partial charge in [0.1, 0.15) is 0 Å². The first kappa shape index (κ1) is 12.2. The molecule has 0 rings (SSSR count). The molecule has 0 aromatic carbocycles. The molecule has 1 atom stereocenters. The van der Waals surface area contributed by atoms with Crippen molar-refractivity contribution in [3.63, 3.8) is 0 Å². The maximum Gasteiger partial charge on any atom is 0.291 e. The second-order valence-corrected chi connectivity index (χ2v) is 1.32. The summed E-state index contributed by atoms with van der Waals surface area (Å²) >= 11 is 0. The lowest BCUT2D eigenvalue weighted by Crippen LogP contribution is -2.27. The van der Waals surface area contributed by atoms with Crippen LogP contribution in [0.15, 0.2) is 0 Å². The van der Waals surface area contributed by atoms with Gasteiger partial charge in [0.05, 0.1) is 0 Å². The highest BCUT2D eigenvalue weighted by atomic mass is 16.9. The zero-order chi connectivity index (χ0) is 9.44. The number of nitro groups is 1. The Balaban J connectivity index is 0. The Morgan fingerprint density at radius 2 is 1.73 bits per heavy atom. The second kappa shape index (κ2) is 6.64. The van der Waals surface area contributed by atoms with Gasteiger partial charge in [0.25, 0.3) is 5.09 Å². The molecule has 66 valence electrons. The number of nitrogens with zero attached hydrogens (tertiary/aromatic N) is 2. The molecule has 0 saturated heterocycles. The van der Waals surface area contributed by atoms with Gasteiger partial charge < -0.3 is 16.0 Å². The van der Waals surface area contributed by atoms with E-state index in [1.807, 2.05) is 0 Å². The Morgan fingerprint density at radius 1 is 1.45 bits per heavy atom. The van der Waals surface area contributed by atoms with E-state index < -0.39 is 22.8 Å². The van der Waals surface area contributed by atoms with Crippen molar-refractivity contribution in [3.8, 4) is 0 Å². The third-order valence-corrected chi connectivity index (χ3v) is 0.336. The fourth-order valence-corrected chi connectivity index (χ4v) is 0.153. The van der Waals surface area contributed by atoms with Crippen LogP contribution in [0.5, 0.6) is 0 Å². The molecule has 0 aromatic heterocycles. The van der Waals surface area contributed by atoms with Gasteiger partial charge in [0.15, 0.2) is 6.23 Å². The normalized spacial score (nSPS) is 10.7. The molecule has 4 N–H and O–H groups in total. The second-order valence-electron chi connectivity index (χ2n) is 1.32. The Labute approximate surface area is 60.3 Å². The quantitative estimate of drug-likeness (QED) is 0.250. The summed E-state index contributed by atoms with van der Waals surface area (Å²) in [5, 5.41) is 31.1. The molecule has 0 spiro atoms. The average molecular weight is 169 g/mol. The molecule has 0 aliphatic carbocycles. The van der Waals surface area contributed by atoms with Crippen molar-refractivity contribution >= 4 is 0 Å². The van der Waals surface area contributed by atoms with Crippen molar-refractivity contribution in [2.45, 2.75) is 6.23 Å². The van der Waals surface area contributed by atoms with Crippen LogP contribution in [0.25, 0.3) is 0 Å². The van der Waals surface area contributed by atoms with Gasteiger partial charge in [-0.05, 0) is 0 Å². The fourth-order valence-electron chi connectivity index (χ4n) is 0.153. The summed E-state index contributed by atoms with van der Waals surface area (Å²) in [5.41, 5.74) is 4.61. The van der Waals surface area contributed by atoms with Gasteiger partial charge in [-0.15, -0.1) is 10.1 Å². The highest BCUT2D eigenvalue weighted by Gasteiger charge is 2.01. The lowest BCUT2D eigenvalue weighted by molar-refractivity contribution is -0.742. The van der Waals surface area contributed by atoms with Crippen LogP contribution in [0.3, 0.4) is 0 Å². The van der Waals surface area contributed by atoms with Gasteiger partial charge in [0.2, 0.25) is 6.54 Å². The molecule has 0 heterocycles. The molecule has 11 heavy (non-hydrogen) atoms. The van der Waals surface area contributed by atoms with Crippen LogP contribution in [0.4, 0.5) is 0 Å². The van der Waals surface area contributed by atoms with Crippen LogP contribution in [-0.4, -0.2) is 33.1 Å². The van der Waals surface area contributed by atoms with E-state index in [2.05, 4.69) is 5.73 Å². The topological polar surface area (TPSA) is 153 Å². The van der Waals surface area contributed by atoms with Gasteiger partial charge in [-0.3, -0.25) is 10.1 Å². The third-order valence-electron chi connectivity index (χ3n) is 0.336. The van der Waals surface area contributed by atoms with E-state index in [9.17, 15) is 10.1 Å². The summed E-state index contributed by atoms with van der Waals surface area (Å²) in [6, 6.07) is 0. The lowest BCUT2D eigenvalue weighted by atomic mass is 10.6. The van der Waals surface area contributed by atoms with E-state index in [-0.39, 0.29) is 0 Å². The summed E-state index contributed by atoms with van der Waals surface area (Å²) < 4.78 is 0. The first-order valence-corrected chi connectivity index (χ1v) is 2.25. The van der Waals surface area contributed by atoms with E-state index in [1.165, 1.54) is 0 Å². The summed E-state index contributed by atoms with van der Waals surface area (Å²) in [6.45, 7) is -0.583. The summed E-state index contributed by atoms with van der Waals surface area (Å²) in [6.07, 6.45) is -1.32. The molecule has 0 aromatic rings. The van der Waals surface area contributed by atoms with Crippen LogP contribution in [0.1, 0.15) is 0 Å². The maximum absolute atomic E-state index is 9.38. The molecule has 0 radical (unpaired) electrons. The number of aliphatic hydroxyl groups is 1.